The number of hydrogen-bond acceptors (Lipinski definition) is 6. The summed E-state index contributed by atoms with van der Waals surface area (Å²) >= 11 is 0. The van der Waals surface area contributed by atoms with Crippen LogP contribution in [0.5, 0.6) is 0 Å². The van der Waals surface area contributed by atoms with Gasteiger partial charge in [0.1, 0.15) is 0 Å². The molecule has 1 amide bonds. The van der Waals surface area contributed by atoms with E-state index in [0.29, 0.717) is 38.3 Å². The van der Waals surface area contributed by atoms with E-state index in [-0.39, 0.29) is 12.2 Å². The van der Waals surface area contributed by atoms with Crippen molar-refractivity contribution in [2.45, 2.75) is 41.5 Å². The topological polar surface area (TPSA) is 71.1 Å². The van der Waals surface area contributed by atoms with Crippen molar-refractivity contribution < 1.29 is 18.6 Å². The van der Waals surface area contributed by atoms with Gasteiger partial charge in [-0.2, -0.15) is 0 Å². The molecule has 0 aliphatic heterocycles. The molecule has 0 saturated carbocycles. The molecular weight excluding hydrogens is 377 g/mol. The van der Waals surface area contributed by atoms with Crippen molar-refractivity contribution in [1.29, 1.82) is 0 Å². The van der Waals surface area contributed by atoms with Crippen molar-refractivity contribution in [1.82, 2.24) is 14.7 Å². The fourth-order valence-corrected chi connectivity index (χ4v) is 8.94. The Hall–Kier alpha value is -1.53. The summed E-state index contributed by atoms with van der Waals surface area (Å²) < 4.78 is 16.7. The minimum atomic E-state index is -3.89. The Morgan fingerprint density at radius 1 is 0.929 bits per heavy atom. The van der Waals surface area contributed by atoms with Crippen LogP contribution in [0.3, 0.4) is 0 Å². The Balaban J connectivity index is 3.51. The number of nitrogens with zero attached hydrogens (tertiary/aromatic N) is 2. The summed E-state index contributed by atoms with van der Waals surface area (Å²) in [6.07, 6.45) is 0.107. The molecule has 0 aliphatic carbocycles. The second kappa shape index (κ2) is 10.9. The normalized spacial score (nSPS) is 13.2. The standard InChI is InChI=1S/C20H36N3O4P/c1-7-22(8-2)28(26-11-5,27-18(6)24,23(9-3)10-4)17-21-20(25)19-15-13-12-14-16-19/h12-16H,7-11,17H2,1-6H3,(H,21,25). The quantitative estimate of drug-likeness (QED) is 0.525. The van der Waals surface area contributed by atoms with Crippen LogP contribution in [0.1, 0.15) is 51.9 Å². The molecule has 0 atom stereocenters. The maximum atomic E-state index is 12.8. The van der Waals surface area contributed by atoms with Gasteiger partial charge in [-0.15, -0.1) is 0 Å². The van der Waals surface area contributed by atoms with Gasteiger partial charge in [-0.05, 0) is 0 Å². The van der Waals surface area contributed by atoms with Gasteiger partial charge in [-0.25, -0.2) is 0 Å². The Labute approximate surface area is 169 Å². The Morgan fingerprint density at radius 3 is 1.82 bits per heavy atom. The zero-order chi connectivity index (χ0) is 21.2. The zero-order valence-corrected chi connectivity index (χ0v) is 19.0. The Bertz CT molecular complexity index is 622. The Morgan fingerprint density at radius 2 is 1.43 bits per heavy atom. The molecule has 160 valence electrons. The van der Waals surface area contributed by atoms with Crippen LogP contribution < -0.4 is 5.32 Å². The fourth-order valence-electron chi connectivity index (χ4n) is 3.74. The molecule has 0 aliphatic rings. The molecule has 1 N–H and O–H groups in total. The molecule has 0 saturated heterocycles. The summed E-state index contributed by atoms with van der Waals surface area (Å²) in [6, 6.07) is 9.01. The first kappa shape index (κ1) is 24.5. The molecule has 28 heavy (non-hydrogen) atoms. The maximum absolute atomic E-state index is 12.8. The molecule has 0 fully saturated rings. The van der Waals surface area contributed by atoms with Crippen LogP contribution in [0.25, 0.3) is 0 Å². The van der Waals surface area contributed by atoms with E-state index in [4.69, 9.17) is 9.05 Å². The van der Waals surface area contributed by atoms with Gasteiger partial charge in [0.05, 0.1) is 0 Å². The summed E-state index contributed by atoms with van der Waals surface area (Å²) in [6.45, 7) is 14.2. The number of rotatable bonds is 12. The molecule has 0 spiro atoms. The number of hydrogen-bond donors (Lipinski definition) is 1. The summed E-state index contributed by atoms with van der Waals surface area (Å²) in [4.78, 5) is 25.1. The van der Waals surface area contributed by atoms with E-state index in [1.54, 1.807) is 12.1 Å². The second-order valence-electron chi connectivity index (χ2n) is 6.34. The fraction of sp³-hybridized carbons (Fsp3) is 0.600. The van der Waals surface area contributed by atoms with Crippen LogP contribution >= 0.6 is 7.36 Å². The molecule has 0 unspecified atom stereocenters. The van der Waals surface area contributed by atoms with Crippen LogP contribution in [0.2, 0.25) is 0 Å². The number of carbonyl (C=O) groups excluding carboxylic acids is 2. The van der Waals surface area contributed by atoms with Gasteiger partial charge in [0.15, 0.2) is 0 Å². The summed E-state index contributed by atoms with van der Waals surface area (Å²) in [5.74, 6) is -0.639. The molecule has 0 bridgehead atoms. The monoisotopic (exact) mass is 413 g/mol. The third kappa shape index (κ3) is 4.90. The third-order valence-electron chi connectivity index (χ3n) is 4.82. The van der Waals surface area contributed by atoms with E-state index in [2.05, 4.69) is 14.7 Å². The predicted octanol–water partition coefficient (Wildman–Crippen LogP) is 3.87. The van der Waals surface area contributed by atoms with Crippen molar-refractivity contribution in [3.8, 4) is 0 Å². The molecule has 1 aromatic rings. The number of benzene rings is 1. The summed E-state index contributed by atoms with van der Waals surface area (Å²) in [5.41, 5.74) is 0.553. The molecule has 0 radical (unpaired) electrons. The van der Waals surface area contributed by atoms with Gasteiger partial charge in [-0.3, -0.25) is 0 Å². The van der Waals surface area contributed by atoms with Crippen molar-refractivity contribution in [2.75, 3.05) is 39.1 Å². The van der Waals surface area contributed by atoms with Gasteiger partial charge < -0.3 is 0 Å². The van der Waals surface area contributed by atoms with E-state index in [1.807, 2.05) is 52.8 Å². The summed E-state index contributed by atoms with van der Waals surface area (Å²) in [7, 11) is -3.89. The van der Waals surface area contributed by atoms with Gasteiger partial charge in [-0.1, -0.05) is 0 Å². The van der Waals surface area contributed by atoms with Crippen LogP contribution in [-0.2, 0) is 13.8 Å². The van der Waals surface area contributed by atoms with E-state index in [9.17, 15) is 9.59 Å². The van der Waals surface area contributed by atoms with E-state index in [0.717, 1.165) is 0 Å². The zero-order valence-electron chi connectivity index (χ0n) is 18.1. The molecule has 7 nitrogen and oxygen atoms in total. The number of nitrogens with one attached hydrogen (secondary N) is 1. The second-order valence-corrected chi connectivity index (χ2v) is 10.3. The summed E-state index contributed by atoms with van der Waals surface area (Å²) in [5, 5.41) is 3.00. The molecule has 1 aromatic carbocycles. The van der Waals surface area contributed by atoms with Gasteiger partial charge in [0.25, 0.3) is 0 Å². The molecule has 8 heteroatoms. The van der Waals surface area contributed by atoms with Crippen LogP contribution in [0, 0.1) is 0 Å². The van der Waals surface area contributed by atoms with Crippen molar-refractivity contribution >= 4 is 19.2 Å². The van der Waals surface area contributed by atoms with Crippen LogP contribution in [0.15, 0.2) is 30.3 Å². The minimum absolute atomic E-state index is 0.107. The molecule has 0 heterocycles. The van der Waals surface area contributed by atoms with Gasteiger partial charge in [0.2, 0.25) is 0 Å². The SMILES string of the molecule is CCOP(CNC(=O)c1ccccc1)(OC(C)=O)(N(CC)CC)N(CC)CC. The average molecular weight is 413 g/mol. The first-order valence-corrected chi connectivity index (χ1v) is 12.2. The number of carbonyl (C=O) groups is 2. The first-order valence-electron chi connectivity index (χ1n) is 10.0. The van der Waals surface area contributed by atoms with E-state index < -0.39 is 13.3 Å². The van der Waals surface area contributed by atoms with Crippen LogP contribution in [-0.4, -0.2) is 60.3 Å². The van der Waals surface area contributed by atoms with Gasteiger partial charge >= 0.3 is 169 Å². The van der Waals surface area contributed by atoms with Crippen molar-refractivity contribution in [3.63, 3.8) is 0 Å². The first-order chi connectivity index (χ1) is 13.3. The molecular formula is C20H36N3O4P. The van der Waals surface area contributed by atoms with Crippen LogP contribution in [0.4, 0.5) is 0 Å². The van der Waals surface area contributed by atoms with E-state index >= 15 is 0 Å². The van der Waals surface area contributed by atoms with E-state index in [1.165, 1.54) is 6.92 Å². The third-order valence-corrected chi connectivity index (χ3v) is 10.3. The van der Waals surface area contributed by atoms with Crippen molar-refractivity contribution in [2.24, 2.45) is 0 Å². The molecule has 0 aromatic heterocycles. The van der Waals surface area contributed by atoms with Gasteiger partial charge in [0, 0.05) is 0 Å². The van der Waals surface area contributed by atoms with Crippen molar-refractivity contribution in [3.05, 3.63) is 35.9 Å². The number of amides is 1. The average Bonchev–Trinajstić information content (AvgIpc) is 2.68. The molecule has 1 rings (SSSR count). The predicted molar refractivity (Wildman–Crippen MR) is 115 cm³/mol. The Kier molecular flexibility index (Phi) is 9.51.